The highest BCUT2D eigenvalue weighted by molar-refractivity contribution is 5.13. The molecule has 160 valence electrons. The SMILES string of the molecule is CC(C)O[C@@H]1[C@@H](OCc2ccccc2)[C@@H](OC[C@@H](O)CO)OC[C@H]1OC(C)C. The molecule has 0 spiro atoms. The molecular weight excluding hydrogens is 364 g/mol. The highest BCUT2D eigenvalue weighted by Crippen LogP contribution is 2.27. The molecule has 7 nitrogen and oxygen atoms in total. The van der Waals surface area contributed by atoms with Crippen LogP contribution in [0.15, 0.2) is 30.3 Å². The number of aliphatic hydroxyl groups is 2. The molecule has 1 saturated heterocycles. The molecule has 7 heteroatoms. The number of hydrogen-bond acceptors (Lipinski definition) is 7. The molecule has 0 unspecified atom stereocenters. The molecule has 28 heavy (non-hydrogen) atoms. The molecule has 0 amide bonds. The van der Waals surface area contributed by atoms with Crippen molar-refractivity contribution in [1.82, 2.24) is 0 Å². The number of ether oxygens (including phenoxy) is 5. The van der Waals surface area contributed by atoms with Gasteiger partial charge in [0, 0.05) is 0 Å². The van der Waals surface area contributed by atoms with E-state index in [1.165, 1.54) is 0 Å². The average molecular weight is 398 g/mol. The minimum atomic E-state index is -0.979. The van der Waals surface area contributed by atoms with Gasteiger partial charge in [-0.25, -0.2) is 0 Å². The topological polar surface area (TPSA) is 86.6 Å². The van der Waals surface area contributed by atoms with E-state index in [0.717, 1.165) is 5.56 Å². The first-order chi connectivity index (χ1) is 13.4. The predicted molar refractivity (Wildman–Crippen MR) is 104 cm³/mol. The Bertz CT molecular complexity index is 537. The van der Waals surface area contributed by atoms with Crippen LogP contribution in [0.3, 0.4) is 0 Å². The van der Waals surface area contributed by atoms with Crippen LogP contribution in [-0.4, -0.2) is 72.9 Å². The number of rotatable bonds is 11. The molecule has 1 aliphatic heterocycles. The summed E-state index contributed by atoms with van der Waals surface area (Å²) in [4.78, 5) is 0. The van der Waals surface area contributed by atoms with Crippen molar-refractivity contribution in [2.75, 3.05) is 19.8 Å². The predicted octanol–water partition coefficient (Wildman–Crippen LogP) is 1.89. The van der Waals surface area contributed by atoms with Gasteiger partial charge >= 0.3 is 0 Å². The van der Waals surface area contributed by atoms with Gasteiger partial charge in [0.1, 0.15) is 24.4 Å². The molecular formula is C21H34O7. The molecule has 1 aliphatic rings. The van der Waals surface area contributed by atoms with Crippen LogP contribution < -0.4 is 0 Å². The van der Waals surface area contributed by atoms with Crippen molar-refractivity contribution in [3.63, 3.8) is 0 Å². The van der Waals surface area contributed by atoms with E-state index in [1.807, 2.05) is 58.0 Å². The molecule has 1 aromatic rings. The van der Waals surface area contributed by atoms with Crippen molar-refractivity contribution in [2.45, 2.75) is 77.2 Å². The van der Waals surface area contributed by atoms with Crippen molar-refractivity contribution >= 4 is 0 Å². The van der Waals surface area contributed by atoms with E-state index in [2.05, 4.69) is 0 Å². The third kappa shape index (κ3) is 7.40. The van der Waals surface area contributed by atoms with Gasteiger partial charge in [-0.1, -0.05) is 30.3 Å². The Morgan fingerprint density at radius 2 is 1.68 bits per heavy atom. The summed E-state index contributed by atoms with van der Waals surface area (Å²) in [6.45, 7) is 8.07. The Labute approximate surface area is 167 Å². The van der Waals surface area contributed by atoms with Crippen LogP contribution >= 0.6 is 0 Å². The summed E-state index contributed by atoms with van der Waals surface area (Å²) in [5.41, 5.74) is 1.02. The van der Waals surface area contributed by atoms with Crippen LogP contribution in [0.25, 0.3) is 0 Å². The van der Waals surface area contributed by atoms with E-state index in [4.69, 9.17) is 28.8 Å². The molecule has 1 aromatic carbocycles. The fraction of sp³-hybridized carbons (Fsp3) is 0.714. The molecule has 0 aromatic heterocycles. The summed E-state index contributed by atoms with van der Waals surface area (Å²) in [5, 5.41) is 18.7. The summed E-state index contributed by atoms with van der Waals surface area (Å²) < 4.78 is 29.9. The lowest BCUT2D eigenvalue weighted by atomic mass is 10.0. The molecule has 0 saturated carbocycles. The number of hydrogen-bond donors (Lipinski definition) is 2. The smallest absolute Gasteiger partial charge is 0.186 e. The largest absolute Gasteiger partial charge is 0.394 e. The second-order valence-corrected chi connectivity index (χ2v) is 7.51. The van der Waals surface area contributed by atoms with E-state index in [9.17, 15) is 5.11 Å². The van der Waals surface area contributed by atoms with Gasteiger partial charge in [0.15, 0.2) is 6.29 Å². The van der Waals surface area contributed by atoms with Gasteiger partial charge in [-0.15, -0.1) is 0 Å². The zero-order chi connectivity index (χ0) is 20.5. The van der Waals surface area contributed by atoms with Gasteiger partial charge in [0.2, 0.25) is 0 Å². The molecule has 0 aliphatic carbocycles. The van der Waals surface area contributed by atoms with Crippen molar-refractivity contribution in [3.05, 3.63) is 35.9 Å². The van der Waals surface area contributed by atoms with Crippen molar-refractivity contribution < 1.29 is 33.9 Å². The van der Waals surface area contributed by atoms with Crippen LogP contribution in [-0.2, 0) is 30.3 Å². The molecule has 2 N–H and O–H groups in total. The summed E-state index contributed by atoms with van der Waals surface area (Å²) in [6.07, 6.45) is -2.98. The Kier molecular flexibility index (Phi) is 9.81. The summed E-state index contributed by atoms with van der Waals surface area (Å²) in [5.74, 6) is 0. The monoisotopic (exact) mass is 398 g/mol. The minimum absolute atomic E-state index is 0.00955. The van der Waals surface area contributed by atoms with Gasteiger partial charge in [-0.2, -0.15) is 0 Å². The van der Waals surface area contributed by atoms with Gasteiger partial charge in [0.25, 0.3) is 0 Å². The minimum Gasteiger partial charge on any atom is -0.394 e. The maximum absolute atomic E-state index is 9.64. The van der Waals surface area contributed by atoms with Crippen LogP contribution in [0.5, 0.6) is 0 Å². The highest BCUT2D eigenvalue weighted by atomic mass is 16.7. The highest BCUT2D eigenvalue weighted by Gasteiger charge is 2.44. The van der Waals surface area contributed by atoms with Gasteiger partial charge in [-0.05, 0) is 33.3 Å². The maximum Gasteiger partial charge on any atom is 0.186 e. The lowest BCUT2D eigenvalue weighted by Gasteiger charge is -2.43. The van der Waals surface area contributed by atoms with E-state index in [-0.39, 0.29) is 31.5 Å². The third-order valence-corrected chi connectivity index (χ3v) is 4.21. The second-order valence-electron chi connectivity index (χ2n) is 7.51. The van der Waals surface area contributed by atoms with Crippen molar-refractivity contribution in [2.24, 2.45) is 0 Å². The van der Waals surface area contributed by atoms with E-state index < -0.39 is 24.6 Å². The summed E-state index contributed by atoms with van der Waals surface area (Å²) >= 11 is 0. The summed E-state index contributed by atoms with van der Waals surface area (Å²) in [7, 11) is 0. The number of benzene rings is 1. The van der Waals surface area contributed by atoms with Gasteiger partial charge in [0.05, 0.1) is 38.6 Å². The van der Waals surface area contributed by atoms with E-state index >= 15 is 0 Å². The lowest BCUT2D eigenvalue weighted by molar-refractivity contribution is -0.307. The standard InChI is InChI=1S/C21H34O7/c1-14(2)27-18-13-26-21(25-12-17(23)10-22)20(19(18)28-15(3)4)24-11-16-8-6-5-7-9-16/h5-9,14-15,17-23H,10-13H2,1-4H3/t17-,18+,19-,20+,21-/m0/s1. The van der Waals surface area contributed by atoms with Crippen LogP contribution in [0.2, 0.25) is 0 Å². The average Bonchev–Trinajstić information content (AvgIpc) is 2.66. The van der Waals surface area contributed by atoms with Crippen LogP contribution in [0.4, 0.5) is 0 Å². The van der Waals surface area contributed by atoms with E-state index in [1.54, 1.807) is 0 Å². The quantitative estimate of drug-likeness (QED) is 0.589. The molecule has 5 atom stereocenters. The lowest BCUT2D eigenvalue weighted by Crippen LogP contribution is -2.58. The second kappa shape index (κ2) is 11.8. The zero-order valence-corrected chi connectivity index (χ0v) is 17.2. The fourth-order valence-electron chi connectivity index (χ4n) is 3.03. The number of aliphatic hydroxyl groups excluding tert-OH is 2. The molecule has 0 radical (unpaired) electrons. The molecule has 1 heterocycles. The Balaban J connectivity index is 2.15. The van der Waals surface area contributed by atoms with Crippen LogP contribution in [0, 0.1) is 0 Å². The molecule has 1 fully saturated rings. The molecule has 0 bridgehead atoms. The zero-order valence-electron chi connectivity index (χ0n) is 17.2. The first-order valence-electron chi connectivity index (χ1n) is 9.89. The Hall–Kier alpha value is -1.06. The van der Waals surface area contributed by atoms with Gasteiger partial charge in [-0.3, -0.25) is 0 Å². The maximum atomic E-state index is 9.64. The fourth-order valence-corrected chi connectivity index (χ4v) is 3.03. The van der Waals surface area contributed by atoms with Gasteiger partial charge < -0.3 is 33.9 Å². The summed E-state index contributed by atoms with van der Waals surface area (Å²) in [6, 6.07) is 9.82. The Morgan fingerprint density at radius 1 is 1.00 bits per heavy atom. The normalized spacial score (nSPS) is 26.7. The molecule has 2 rings (SSSR count). The Morgan fingerprint density at radius 3 is 2.29 bits per heavy atom. The van der Waals surface area contributed by atoms with Crippen molar-refractivity contribution in [3.8, 4) is 0 Å². The third-order valence-electron chi connectivity index (χ3n) is 4.21. The van der Waals surface area contributed by atoms with Crippen LogP contribution in [0.1, 0.15) is 33.3 Å². The first-order valence-corrected chi connectivity index (χ1v) is 9.89. The first kappa shape index (κ1) is 23.2. The van der Waals surface area contributed by atoms with Crippen molar-refractivity contribution in [1.29, 1.82) is 0 Å². The van der Waals surface area contributed by atoms with E-state index in [0.29, 0.717) is 13.2 Å².